The number of aryl methyl sites for hydroxylation is 1. The molecule has 0 amide bonds. The summed E-state index contributed by atoms with van der Waals surface area (Å²) >= 11 is 0. The average molecular weight is 357 g/mol. The zero-order chi connectivity index (χ0) is 18.0. The fourth-order valence-electron chi connectivity index (χ4n) is 3.10. The van der Waals surface area contributed by atoms with E-state index >= 15 is 0 Å². The first-order valence-corrected chi connectivity index (χ1v) is 10.3. The quantitative estimate of drug-likeness (QED) is 0.768. The molecule has 0 saturated carbocycles. The lowest BCUT2D eigenvalue weighted by atomic mass is 9.89. The van der Waals surface area contributed by atoms with Gasteiger partial charge >= 0.3 is 0 Å². The van der Waals surface area contributed by atoms with Gasteiger partial charge < -0.3 is 4.74 Å². The van der Waals surface area contributed by atoms with Crippen molar-refractivity contribution in [3.8, 4) is 5.75 Å². The molecule has 0 saturated heterocycles. The van der Waals surface area contributed by atoms with Gasteiger partial charge in [0, 0.05) is 0 Å². The molecule has 4 heteroatoms. The Morgan fingerprint density at radius 2 is 1.84 bits per heavy atom. The first kappa shape index (κ1) is 18.0. The predicted molar refractivity (Wildman–Crippen MR) is 99.4 cm³/mol. The van der Waals surface area contributed by atoms with Crippen LogP contribution in [0.3, 0.4) is 0 Å². The Morgan fingerprint density at radius 3 is 2.52 bits per heavy atom. The van der Waals surface area contributed by atoms with Gasteiger partial charge in [-0.1, -0.05) is 45.0 Å². The second-order valence-corrected chi connectivity index (χ2v) is 9.03. The van der Waals surface area contributed by atoms with Gasteiger partial charge in [0.05, 0.1) is 15.9 Å². The maximum absolute atomic E-state index is 12.8. The molecule has 0 aliphatic carbocycles. The molecule has 0 bridgehead atoms. The first-order valence-electron chi connectivity index (χ1n) is 8.77. The largest absolute Gasteiger partial charge is 0.490 e. The number of benzene rings is 2. The van der Waals surface area contributed by atoms with E-state index in [4.69, 9.17) is 4.74 Å². The number of sulfone groups is 1. The van der Waals surface area contributed by atoms with Gasteiger partial charge in [-0.3, -0.25) is 0 Å². The van der Waals surface area contributed by atoms with Crippen LogP contribution in [0.1, 0.15) is 39.2 Å². The van der Waals surface area contributed by atoms with Crippen LogP contribution in [0.4, 0.5) is 0 Å². The van der Waals surface area contributed by atoms with Gasteiger partial charge in [-0.05, 0) is 60.9 Å². The van der Waals surface area contributed by atoms with Crippen molar-refractivity contribution < 1.29 is 13.2 Å². The topological polar surface area (TPSA) is 43.4 Å². The fourth-order valence-corrected chi connectivity index (χ4v) is 4.40. The van der Waals surface area contributed by atoms with Gasteiger partial charge in [-0.15, -0.1) is 0 Å². The molecule has 3 rings (SSSR count). The molecule has 133 valence electrons. The smallest absolute Gasteiger partial charge is 0.206 e. The summed E-state index contributed by atoms with van der Waals surface area (Å²) < 4.78 is 31.8. The van der Waals surface area contributed by atoms with Gasteiger partial charge in [-0.2, -0.15) is 0 Å². The van der Waals surface area contributed by atoms with E-state index in [9.17, 15) is 8.42 Å². The molecular formula is C21H25O3S. The van der Waals surface area contributed by atoms with Crippen LogP contribution in [0.5, 0.6) is 5.75 Å². The van der Waals surface area contributed by atoms with E-state index in [-0.39, 0.29) is 6.10 Å². The lowest BCUT2D eigenvalue weighted by molar-refractivity contribution is 0.148. The standard InChI is InChI=1S/C21H25O3S/c1-15(2)16(3)13-18-11-9-17-10-12-20(14-21(17)24-18)25(22,23)19-7-5-4-6-8-19/h4-8,10,12,14,16,18H,9,11,13H2,1-3H3. The monoisotopic (exact) mass is 357 g/mol. The number of rotatable bonds is 5. The summed E-state index contributed by atoms with van der Waals surface area (Å²) in [5, 5.41) is 0. The molecule has 1 heterocycles. The fraction of sp³-hybridized carbons (Fsp3) is 0.381. The first-order chi connectivity index (χ1) is 11.9. The third-order valence-corrected chi connectivity index (χ3v) is 6.80. The summed E-state index contributed by atoms with van der Waals surface area (Å²) in [6, 6.07) is 13.8. The van der Waals surface area contributed by atoms with Crippen molar-refractivity contribution in [2.45, 2.75) is 55.9 Å². The van der Waals surface area contributed by atoms with Crippen LogP contribution in [-0.4, -0.2) is 14.5 Å². The Balaban J connectivity index is 1.85. The molecule has 1 aliphatic heterocycles. The Morgan fingerprint density at radius 1 is 1.12 bits per heavy atom. The minimum absolute atomic E-state index is 0.145. The Kier molecular flexibility index (Phi) is 5.19. The van der Waals surface area contributed by atoms with Crippen molar-refractivity contribution in [1.82, 2.24) is 0 Å². The van der Waals surface area contributed by atoms with Crippen LogP contribution in [0.15, 0.2) is 58.3 Å². The highest BCUT2D eigenvalue weighted by Crippen LogP contribution is 2.34. The molecule has 25 heavy (non-hydrogen) atoms. The zero-order valence-corrected chi connectivity index (χ0v) is 15.8. The molecular weight excluding hydrogens is 332 g/mol. The van der Waals surface area contributed by atoms with E-state index in [1.807, 2.05) is 12.1 Å². The van der Waals surface area contributed by atoms with Crippen LogP contribution >= 0.6 is 0 Å². The molecule has 0 N–H and O–H groups in total. The zero-order valence-electron chi connectivity index (χ0n) is 15.0. The van der Waals surface area contributed by atoms with Gasteiger partial charge in [0.25, 0.3) is 0 Å². The van der Waals surface area contributed by atoms with Crippen molar-refractivity contribution >= 4 is 9.84 Å². The summed E-state index contributed by atoms with van der Waals surface area (Å²) in [6.45, 7) is 6.50. The summed E-state index contributed by atoms with van der Waals surface area (Å²) in [4.78, 5) is 0.608. The molecule has 1 aliphatic rings. The third-order valence-electron chi connectivity index (χ3n) is 5.03. The highest BCUT2D eigenvalue weighted by atomic mass is 32.2. The minimum atomic E-state index is -3.51. The van der Waals surface area contributed by atoms with Gasteiger partial charge in [0.2, 0.25) is 9.84 Å². The molecule has 0 aromatic heterocycles. The van der Waals surface area contributed by atoms with Crippen LogP contribution in [-0.2, 0) is 16.3 Å². The van der Waals surface area contributed by atoms with E-state index in [2.05, 4.69) is 20.8 Å². The highest BCUT2D eigenvalue weighted by molar-refractivity contribution is 7.91. The molecule has 1 radical (unpaired) electrons. The second-order valence-electron chi connectivity index (χ2n) is 7.08. The van der Waals surface area contributed by atoms with Crippen molar-refractivity contribution in [2.75, 3.05) is 0 Å². The molecule has 3 nitrogen and oxygen atoms in total. The number of ether oxygens (including phenoxy) is 1. The van der Waals surface area contributed by atoms with E-state index < -0.39 is 9.84 Å². The second kappa shape index (κ2) is 7.20. The van der Waals surface area contributed by atoms with Gasteiger partial charge in [0.15, 0.2) is 0 Å². The maximum Gasteiger partial charge on any atom is 0.206 e. The Labute approximate surface area is 151 Å². The van der Waals surface area contributed by atoms with Crippen LogP contribution in [0.2, 0.25) is 0 Å². The van der Waals surface area contributed by atoms with Crippen molar-refractivity contribution in [1.29, 1.82) is 0 Å². The van der Waals surface area contributed by atoms with E-state index in [1.54, 1.807) is 36.4 Å². The highest BCUT2D eigenvalue weighted by Gasteiger charge is 2.25. The van der Waals surface area contributed by atoms with Crippen molar-refractivity contribution in [3.05, 3.63) is 60.0 Å². The lowest BCUT2D eigenvalue weighted by Crippen LogP contribution is -2.26. The summed E-state index contributed by atoms with van der Waals surface area (Å²) in [7, 11) is -3.51. The molecule has 2 aromatic carbocycles. The molecule has 2 atom stereocenters. The SMILES string of the molecule is C[C](C)C(C)CC1CCc2ccc(S(=O)(=O)c3ccccc3)cc2O1. The summed E-state index contributed by atoms with van der Waals surface area (Å²) in [5.74, 6) is 2.62. The lowest BCUT2D eigenvalue weighted by Gasteiger charge is -2.29. The number of hydrogen-bond donors (Lipinski definition) is 0. The molecule has 2 unspecified atom stereocenters. The number of hydrogen-bond acceptors (Lipinski definition) is 3. The minimum Gasteiger partial charge on any atom is -0.490 e. The molecule has 2 aromatic rings. The van der Waals surface area contributed by atoms with E-state index in [0.717, 1.165) is 24.8 Å². The molecule has 0 fully saturated rings. The number of fused-ring (bicyclic) bond motifs is 1. The normalized spacial score (nSPS) is 18.5. The van der Waals surface area contributed by atoms with Gasteiger partial charge in [-0.25, -0.2) is 8.42 Å². The van der Waals surface area contributed by atoms with Crippen LogP contribution in [0, 0.1) is 11.8 Å². The van der Waals surface area contributed by atoms with Crippen molar-refractivity contribution in [2.24, 2.45) is 5.92 Å². The van der Waals surface area contributed by atoms with E-state index in [1.165, 1.54) is 5.92 Å². The Hall–Kier alpha value is -1.81. The average Bonchev–Trinajstić information content (AvgIpc) is 2.61. The Bertz CT molecular complexity index is 825. The van der Waals surface area contributed by atoms with E-state index in [0.29, 0.717) is 21.5 Å². The van der Waals surface area contributed by atoms with Crippen molar-refractivity contribution in [3.63, 3.8) is 0 Å². The summed E-state index contributed by atoms with van der Waals surface area (Å²) in [6.07, 6.45) is 3.03. The predicted octanol–water partition coefficient (Wildman–Crippen LogP) is 4.85. The third kappa shape index (κ3) is 3.90. The summed E-state index contributed by atoms with van der Waals surface area (Å²) in [5.41, 5.74) is 1.09. The molecule has 0 spiro atoms. The van der Waals surface area contributed by atoms with Gasteiger partial charge in [0.1, 0.15) is 5.75 Å². The maximum atomic E-state index is 12.8. The van der Waals surface area contributed by atoms with Crippen LogP contribution in [0.25, 0.3) is 0 Å². The van der Waals surface area contributed by atoms with Crippen LogP contribution < -0.4 is 4.74 Å².